The van der Waals surface area contributed by atoms with Crippen LogP contribution in [0, 0.1) is 5.82 Å². The molecule has 3 aromatic heterocycles. The minimum atomic E-state index is -0.249. The normalized spacial score (nSPS) is 12.3. The summed E-state index contributed by atoms with van der Waals surface area (Å²) in [6.45, 7) is 0.494. The van der Waals surface area contributed by atoms with Gasteiger partial charge in [0.1, 0.15) is 29.5 Å². The predicted octanol–water partition coefficient (Wildman–Crippen LogP) is 6.79. The Morgan fingerprint density at radius 1 is 1.03 bits per heavy atom. The number of benzene rings is 3. The van der Waals surface area contributed by atoms with E-state index >= 15 is 0 Å². The van der Waals surface area contributed by atoms with Gasteiger partial charge in [0.2, 0.25) is 0 Å². The Hall–Kier alpha value is -4.21. The van der Waals surface area contributed by atoms with Gasteiger partial charge in [0, 0.05) is 27.8 Å². The minimum Gasteiger partial charge on any atom is -0.459 e. The molecule has 3 heterocycles. The smallest absolute Gasteiger partial charge is 0.141 e. The van der Waals surface area contributed by atoms with Gasteiger partial charge in [0.25, 0.3) is 0 Å². The molecule has 0 amide bonds. The van der Waals surface area contributed by atoms with E-state index in [1.54, 1.807) is 24.2 Å². The van der Waals surface area contributed by atoms with Crippen LogP contribution in [0.1, 0.15) is 17.4 Å². The fourth-order valence-electron chi connectivity index (χ4n) is 4.71. The molecule has 0 unspecified atom stereocenters. The van der Waals surface area contributed by atoms with Crippen LogP contribution in [-0.2, 0) is 6.54 Å². The zero-order valence-corrected chi connectivity index (χ0v) is 22.4. The number of hydrogen-bond acceptors (Lipinski definition) is 7. The molecule has 6 aromatic rings. The van der Waals surface area contributed by atoms with Crippen LogP contribution in [0.4, 0.5) is 15.9 Å². The molecule has 39 heavy (non-hydrogen) atoms. The zero-order valence-electron chi connectivity index (χ0n) is 21.6. The Balaban J connectivity index is 1.28. The number of nitrogens with one attached hydrogen (secondary N) is 2. The summed E-state index contributed by atoms with van der Waals surface area (Å²) in [4.78, 5) is 8.99. The van der Waals surface area contributed by atoms with E-state index in [1.165, 1.54) is 12.1 Å². The molecule has 0 spiro atoms. The first-order valence-corrected chi connectivity index (χ1v) is 14.0. The molecule has 2 N–H and O–H groups in total. The van der Waals surface area contributed by atoms with Crippen LogP contribution in [-0.4, -0.2) is 38.8 Å². The number of anilines is 2. The molecule has 7 nitrogen and oxygen atoms in total. The highest BCUT2D eigenvalue weighted by Crippen LogP contribution is 2.32. The number of thioether (sulfide) groups is 1. The molecule has 0 fully saturated rings. The minimum absolute atomic E-state index is 0.155. The van der Waals surface area contributed by atoms with Gasteiger partial charge in [0.15, 0.2) is 0 Å². The van der Waals surface area contributed by atoms with Crippen LogP contribution in [0.3, 0.4) is 0 Å². The first-order valence-electron chi connectivity index (χ1n) is 12.6. The van der Waals surface area contributed by atoms with Crippen molar-refractivity contribution in [2.24, 2.45) is 0 Å². The number of aromatic nitrogens is 4. The Kier molecular flexibility index (Phi) is 7.00. The third-order valence-corrected chi connectivity index (χ3v) is 7.36. The maximum Gasteiger partial charge on any atom is 0.141 e. The molecular formula is C30H27FN6OS. The zero-order chi connectivity index (χ0) is 26.8. The molecule has 0 aliphatic rings. The summed E-state index contributed by atoms with van der Waals surface area (Å²) in [5.74, 6) is 3.10. The second-order valence-electron chi connectivity index (χ2n) is 9.28. The van der Waals surface area contributed by atoms with Crippen LogP contribution in [0.5, 0.6) is 0 Å². The van der Waals surface area contributed by atoms with Crippen molar-refractivity contribution in [1.82, 2.24) is 25.1 Å². The predicted molar refractivity (Wildman–Crippen MR) is 156 cm³/mol. The van der Waals surface area contributed by atoms with Gasteiger partial charge in [-0.1, -0.05) is 12.1 Å². The molecule has 6 rings (SSSR count). The van der Waals surface area contributed by atoms with Gasteiger partial charge in [-0.15, -0.1) is 0 Å². The number of halogens is 1. The second-order valence-corrected chi connectivity index (χ2v) is 10.2. The van der Waals surface area contributed by atoms with Gasteiger partial charge in [-0.2, -0.15) is 16.9 Å². The molecule has 1 atom stereocenters. The average Bonchev–Trinajstić information content (AvgIpc) is 3.59. The molecule has 0 saturated heterocycles. The summed E-state index contributed by atoms with van der Waals surface area (Å²) < 4.78 is 21.7. The highest BCUT2D eigenvalue weighted by Gasteiger charge is 2.15. The van der Waals surface area contributed by atoms with Gasteiger partial charge in [-0.3, -0.25) is 4.68 Å². The Morgan fingerprint density at radius 2 is 1.95 bits per heavy atom. The monoisotopic (exact) mass is 538 g/mol. The Bertz CT molecular complexity index is 1760. The molecule has 0 aliphatic heterocycles. The van der Waals surface area contributed by atoms with Crippen LogP contribution in [0.25, 0.3) is 33.1 Å². The molecule has 0 bridgehead atoms. The van der Waals surface area contributed by atoms with Gasteiger partial charge in [0.05, 0.1) is 29.8 Å². The van der Waals surface area contributed by atoms with E-state index in [0.29, 0.717) is 12.4 Å². The molecule has 0 aliphatic carbocycles. The summed E-state index contributed by atoms with van der Waals surface area (Å²) >= 11 is 1.78. The second kappa shape index (κ2) is 10.9. The number of rotatable bonds is 9. The summed E-state index contributed by atoms with van der Waals surface area (Å²) in [6, 6.07) is 22.9. The largest absolute Gasteiger partial charge is 0.459 e. The summed E-state index contributed by atoms with van der Waals surface area (Å²) in [5.41, 5.74) is 4.50. The average molecular weight is 539 g/mol. The van der Waals surface area contributed by atoms with Gasteiger partial charge in [-0.05, 0) is 79.5 Å². The van der Waals surface area contributed by atoms with E-state index in [1.807, 2.05) is 66.5 Å². The van der Waals surface area contributed by atoms with Crippen molar-refractivity contribution in [3.05, 3.63) is 102 Å². The van der Waals surface area contributed by atoms with Crippen molar-refractivity contribution in [3.8, 4) is 11.3 Å². The molecule has 0 saturated carbocycles. The number of fused-ring (bicyclic) bond motifs is 2. The lowest BCUT2D eigenvalue weighted by atomic mass is 10.1. The Labute approximate surface area is 229 Å². The number of nitrogens with zero attached hydrogens (tertiary/aromatic N) is 4. The number of furan rings is 1. The topological polar surface area (TPSA) is 80.8 Å². The van der Waals surface area contributed by atoms with Crippen molar-refractivity contribution < 1.29 is 8.81 Å². The maximum absolute atomic E-state index is 13.6. The molecule has 3 aromatic carbocycles. The Morgan fingerprint density at radius 3 is 2.79 bits per heavy atom. The van der Waals surface area contributed by atoms with E-state index in [9.17, 15) is 4.39 Å². The summed E-state index contributed by atoms with van der Waals surface area (Å²) in [6.07, 6.45) is 5.47. The van der Waals surface area contributed by atoms with Crippen LogP contribution >= 0.6 is 11.8 Å². The van der Waals surface area contributed by atoms with Crippen molar-refractivity contribution in [2.45, 2.75) is 12.6 Å². The van der Waals surface area contributed by atoms with E-state index in [0.717, 1.165) is 55.9 Å². The SMILES string of the molecule is CN[C@H](CSC)c1ccc(-c2ccc3ncnc(Nc4ccc5c(cnn5Cc5cccc(F)c5)c4)c3c2)o1. The molecular weight excluding hydrogens is 511 g/mol. The third-order valence-electron chi connectivity index (χ3n) is 6.70. The molecule has 0 radical (unpaired) electrons. The van der Waals surface area contributed by atoms with Gasteiger partial charge >= 0.3 is 0 Å². The van der Waals surface area contributed by atoms with Gasteiger partial charge in [-0.25, -0.2) is 14.4 Å². The molecule has 9 heteroatoms. The van der Waals surface area contributed by atoms with Crippen LogP contribution in [0.2, 0.25) is 0 Å². The maximum atomic E-state index is 13.6. The number of hydrogen-bond donors (Lipinski definition) is 2. The lowest BCUT2D eigenvalue weighted by molar-refractivity contribution is 0.462. The van der Waals surface area contributed by atoms with Crippen molar-refractivity contribution in [1.29, 1.82) is 0 Å². The van der Waals surface area contributed by atoms with Crippen LogP contribution in [0.15, 0.2) is 89.7 Å². The molecule has 196 valence electrons. The first-order chi connectivity index (χ1) is 19.1. The fraction of sp³-hybridized carbons (Fsp3) is 0.167. The third kappa shape index (κ3) is 5.23. The summed E-state index contributed by atoms with van der Waals surface area (Å²) in [5, 5.41) is 13.2. The lowest BCUT2D eigenvalue weighted by Crippen LogP contribution is -2.17. The standard InChI is InChI=1S/C30H27FN6OS/c1-32-26(17-39-2)29-11-10-28(38-29)20-6-8-25-24(14-20)30(34-18-33-25)36-23-7-9-27-21(13-23)15-35-37(27)16-19-4-3-5-22(31)12-19/h3-15,18,26,32H,16-17H2,1-2H3,(H,33,34,36)/t26-/m1/s1. The first kappa shape index (κ1) is 25.1. The van der Waals surface area contributed by atoms with E-state index in [2.05, 4.69) is 38.0 Å². The lowest BCUT2D eigenvalue weighted by Gasteiger charge is -2.12. The van der Waals surface area contributed by atoms with E-state index in [4.69, 9.17) is 4.42 Å². The highest BCUT2D eigenvalue weighted by molar-refractivity contribution is 7.98. The summed E-state index contributed by atoms with van der Waals surface area (Å²) in [7, 11) is 1.95. The van der Waals surface area contributed by atoms with E-state index in [-0.39, 0.29) is 11.9 Å². The van der Waals surface area contributed by atoms with Crippen molar-refractivity contribution in [3.63, 3.8) is 0 Å². The van der Waals surface area contributed by atoms with Crippen LogP contribution < -0.4 is 10.6 Å². The van der Waals surface area contributed by atoms with Crippen molar-refractivity contribution in [2.75, 3.05) is 24.4 Å². The quantitative estimate of drug-likeness (QED) is 0.210. The fourth-order valence-corrected chi connectivity index (χ4v) is 5.38. The van der Waals surface area contributed by atoms with E-state index < -0.39 is 0 Å². The van der Waals surface area contributed by atoms with Gasteiger partial charge < -0.3 is 15.1 Å². The highest BCUT2D eigenvalue weighted by atomic mass is 32.2. The van der Waals surface area contributed by atoms with Crippen molar-refractivity contribution >= 4 is 45.1 Å².